The van der Waals surface area contributed by atoms with Gasteiger partial charge in [-0.3, -0.25) is 0 Å². The first-order chi connectivity index (χ1) is 10.7. The van der Waals surface area contributed by atoms with E-state index in [2.05, 4.69) is 34.6 Å². The van der Waals surface area contributed by atoms with Crippen molar-refractivity contribution in [3.8, 4) is 5.69 Å². The number of benzene rings is 2. The minimum absolute atomic E-state index is 0.212. The molecule has 3 rings (SSSR count). The minimum Gasteiger partial charge on any atom is -0.385 e. The van der Waals surface area contributed by atoms with Gasteiger partial charge in [-0.2, -0.15) is 5.10 Å². The van der Waals surface area contributed by atoms with Crippen molar-refractivity contribution in [2.75, 3.05) is 11.9 Å². The summed E-state index contributed by atoms with van der Waals surface area (Å²) < 4.78 is 1.61. The molecule has 0 atom stereocenters. The fourth-order valence-electron chi connectivity index (χ4n) is 2.33. The predicted octanol–water partition coefficient (Wildman–Crippen LogP) is 2.52. The third-order valence-corrected chi connectivity index (χ3v) is 3.49. The van der Waals surface area contributed by atoms with E-state index in [0.29, 0.717) is 13.0 Å². The van der Waals surface area contributed by atoms with E-state index in [-0.39, 0.29) is 5.69 Å². The van der Waals surface area contributed by atoms with Gasteiger partial charge in [0.25, 0.3) is 0 Å². The zero-order valence-corrected chi connectivity index (χ0v) is 12.4. The largest absolute Gasteiger partial charge is 0.385 e. The number of nitrogens with zero attached hydrogens (tertiary/aromatic N) is 2. The first kappa shape index (κ1) is 14.1. The Labute approximate surface area is 128 Å². The highest BCUT2D eigenvalue weighted by Crippen LogP contribution is 2.10. The molecule has 3 aromatic rings. The van der Waals surface area contributed by atoms with E-state index in [4.69, 9.17) is 0 Å². The number of aromatic amines is 1. The fraction of sp³-hybridized carbons (Fsp3) is 0.176. The molecule has 0 radical (unpaired) electrons. The third kappa shape index (κ3) is 3.09. The van der Waals surface area contributed by atoms with Gasteiger partial charge in [0.15, 0.2) is 0 Å². The van der Waals surface area contributed by atoms with Crippen LogP contribution >= 0.6 is 0 Å². The molecule has 22 heavy (non-hydrogen) atoms. The number of aryl methyl sites for hydroxylation is 1. The summed E-state index contributed by atoms with van der Waals surface area (Å²) in [4.78, 5) is 11.9. The van der Waals surface area contributed by atoms with Crippen LogP contribution in [0.3, 0.4) is 0 Å². The van der Waals surface area contributed by atoms with Crippen LogP contribution in [0.5, 0.6) is 0 Å². The molecule has 2 aromatic carbocycles. The van der Waals surface area contributed by atoms with E-state index >= 15 is 0 Å². The Bertz CT molecular complexity index is 788. The monoisotopic (exact) mass is 294 g/mol. The number of rotatable bonds is 5. The van der Waals surface area contributed by atoms with Gasteiger partial charge in [0, 0.05) is 18.7 Å². The lowest BCUT2D eigenvalue weighted by atomic mass is 10.2. The molecule has 5 heteroatoms. The summed E-state index contributed by atoms with van der Waals surface area (Å²) in [6.07, 6.45) is 0.654. The van der Waals surface area contributed by atoms with Crippen LogP contribution in [-0.2, 0) is 6.42 Å². The predicted molar refractivity (Wildman–Crippen MR) is 87.6 cm³/mol. The van der Waals surface area contributed by atoms with Gasteiger partial charge < -0.3 is 5.32 Å². The molecule has 0 aliphatic rings. The van der Waals surface area contributed by atoms with Crippen molar-refractivity contribution in [2.24, 2.45) is 0 Å². The van der Waals surface area contributed by atoms with Crippen molar-refractivity contribution in [1.82, 2.24) is 14.8 Å². The molecule has 1 aromatic heterocycles. The molecule has 0 aliphatic heterocycles. The number of hydrogen-bond acceptors (Lipinski definition) is 3. The van der Waals surface area contributed by atoms with Gasteiger partial charge in [0.2, 0.25) is 0 Å². The summed E-state index contributed by atoms with van der Waals surface area (Å²) in [6.45, 7) is 2.77. The van der Waals surface area contributed by atoms with Crippen LogP contribution in [0, 0.1) is 6.92 Å². The van der Waals surface area contributed by atoms with E-state index < -0.39 is 0 Å². The lowest BCUT2D eigenvalue weighted by Gasteiger charge is -2.08. The highest BCUT2D eigenvalue weighted by atomic mass is 16.1. The maximum Gasteiger partial charge on any atom is 0.347 e. The highest BCUT2D eigenvalue weighted by Gasteiger charge is 2.09. The zero-order chi connectivity index (χ0) is 15.4. The van der Waals surface area contributed by atoms with Gasteiger partial charge in [-0.25, -0.2) is 14.5 Å². The van der Waals surface area contributed by atoms with Crippen molar-refractivity contribution >= 4 is 5.69 Å². The topological polar surface area (TPSA) is 62.7 Å². The average molecular weight is 294 g/mol. The second-order valence-electron chi connectivity index (χ2n) is 5.16. The van der Waals surface area contributed by atoms with E-state index in [0.717, 1.165) is 17.2 Å². The zero-order valence-electron chi connectivity index (χ0n) is 12.4. The van der Waals surface area contributed by atoms with E-state index in [1.807, 2.05) is 42.5 Å². The first-order valence-electron chi connectivity index (χ1n) is 7.26. The molecule has 112 valence electrons. The van der Waals surface area contributed by atoms with Crippen LogP contribution in [0.4, 0.5) is 5.69 Å². The van der Waals surface area contributed by atoms with Gasteiger partial charge in [-0.1, -0.05) is 35.9 Å². The van der Waals surface area contributed by atoms with Crippen LogP contribution in [0.25, 0.3) is 5.69 Å². The number of aromatic nitrogens is 3. The smallest absolute Gasteiger partial charge is 0.347 e. The molecule has 0 aliphatic carbocycles. The summed E-state index contributed by atoms with van der Waals surface area (Å²) >= 11 is 0. The van der Waals surface area contributed by atoms with E-state index in [1.54, 1.807) is 4.57 Å². The van der Waals surface area contributed by atoms with E-state index in [9.17, 15) is 4.79 Å². The molecule has 0 amide bonds. The Morgan fingerprint density at radius 3 is 2.55 bits per heavy atom. The molecular weight excluding hydrogens is 276 g/mol. The highest BCUT2D eigenvalue weighted by molar-refractivity contribution is 5.44. The molecular formula is C17H18N4O. The van der Waals surface area contributed by atoms with Crippen LogP contribution < -0.4 is 11.0 Å². The van der Waals surface area contributed by atoms with Crippen LogP contribution in [0.2, 0.25) is 0 Å². The summed E-state index contributed by atoms with van der Waals surface area (Å²) in [6, 6.07) is 17.8. The summed E-state index contributed by atoms with van der Waals surface area (Å²) in [5.41, 5.74) is 2.91. The molecule has 0 unspecified atom stereocenters. The standard InChI is InChI=1S/C17H18N4O/c1-13-7-9-14(10-8-13)18-12-11-16-19-20-17(22)21(16)15-5-3-2-4-6-15/h2-10,18H,11-12H2,1H3,(H,20,22). The molecule has 0 spiro atoms. The number of nitrogens with one attached hydrogen (secondary N) is 2. The summed E-state index contributed by atoms with van der Waals surface area (Å²) in [5, 5.41) is 9.98. The van der Waals surface area contributed by atoms with Gasteiger partial charge >= 0.3 is 5.69 Å². The number of anilines is 1. The Balaban J connectivity index is 1.71. The van der Waals surface area contributed by atoms with Gasteiger partial charge in [0.1, 0.15) is 5.82 Å². The average Bonchev–Trinajstić information content (AvgIpc) is 2.91. The maximum absolute atomic E-state index is 11.9. The Kier molecular flexibility index (Phi) is 4.05. The maximum atomic E-state index is 11.9. The summed E-state index contributed by atoms with van der Waals surface area (Å²) in [7, 11) is 0. The first-order valence-corrected chi connectivity index (χ1v) is 7.26. The third-order valence-electron chi connectivity index (χ3n) is 3.49. The molecule has 0 bridgehead atoms. The Morgan fingerprint density at radius 2 is 1.82 bits per heavy atom. The second kappa shape index (κ2) is 6.30. The minimum atomic E-state index is -0.212. The van der Waals surface area contributed by atoms with Gasteiger partial charge in [-0.15, -0.1) is 0 Å². The Morgan fingerprint density at radius 1 is 1.09 bits per heavy atom. The quantitative estimate of drug-likeness (QED) is 0.760. The van der Waals surface area contributed by atoms with Crippen molar-refractivity contribution in [3.63, 3.8) is 0 Å². The number of hydrogen-bond donors (Lipinski definition) is 2. The molecule has 0 fully saturated rings. The summed E-state index contributed by atoms with van der Waals surface area (Å²) in [5.74, 6) is 0.718. The van der Waals surface area contributed by atoms with E-state index in [1.165, 1.54) is 5.56 Å². The SMILES string of the molecule is Cc1ccc(NCCc2n[nH]c(=O)n2-c2ccccc2)cc1. The van der Waals surface area contributed by atoms with Crippen molar-refractivity contribution < 1.29 is 0 Å². The van der Waals surface area contributed by atoms with Crippen LogP contribution in [0.15, 0.2) is 59.4 Å². The number of para-hydroxylation sites is 1. The van der Waals surface area contributed by atoms with Crippen LogP contribution in [-0.4, -0.2) is 21.3 Å². The fourth-order valence-corrected chi connectivity index (χ4v) is 2.33. The van der Waals surface area contributed by atoms with Crippen LogP contribution in [0.1, 0.15) is 11.4 Å². The van der Waals surface area contributed by atoms with Crippen molar-refractivity contribution in [1.29, 1.82) is 0 Å². The van der Waals surface area contributed by atoms with Crippen molar-refractivity contribution in [2.45, 2.75) is 13.3 Å². The normalized spacial score (nSPS) is 10.6. The van der Waals surface area contributed by atoms with Gasteiger partial charge in [0.05, 0.1) is 5.69 Å². The molecule has 1 heterocycles. The second-order valence-corrected chi connectivity index (χ2v) is 5.16. The molecule has 2 N–H and O–H groups in total. The number of H-pyrrole nitrogens is 1. The lowest BCUT2D eigenvalue weighted by Crippen LogP contribution is -2.18. The lowest BCUT2D eigenvalue weighted by molar-refractivity contribution is 0.843. The molecule has 0 saturated carbocycles. The molecule has 5 nitrogen and oxygen atoms in total. The molecule has 0 saturated heterocycles. The van der Waals surface area contributed by atoms with Gasteiger partial charge in [-0.05, 0) is 31.2 Å². The van der Waals surface area contributed by atoms with Crippen molar-refractivity contribution in [3.05, 3.63) is 76.5 Å². The Hall–Kier alpha value is -2.82.